The predicted molar refractivity (Wildman–Crippen MR) is 109 cm³/mol. The summed E-state index contributed by atoms with van der Waals surface area (Å²) in [4.78, 5) is 16.5. The van der Waals surface area contributed by atoms with E-state index in [-0.39, 0.29) is 23.8 Å². The molecule has 0 unspecified atom stereocenters. The molecule has 0 spiro atoms. The van der Waals surface area contributed by atoms with Crippen LogP contribution in [0.5, 0.6) is 0 Å². The Morgan fingerprint density at radius 3 is 2.68 bits per heavy atom. The van der Waals surface area contributed by atoms with E-state index < -0.39 is 10.0 Å². The van der Waals surface area contributed by atoms with Crippen LogP contribution in [0.4, 0.5) is 5.69 Å². The maximum absolute atomic E-state index is 12.2. The summed E-state index contributed by atoms with van der Waals surface area (Å²) in [7, 11) is -3.67. The largest absolute Gasteiger partial charge is 0.326 e. The van der Waals surface area contributed by atoms with E-state index in [4.69, 9.17) is 0 Å². The molecular formula is C18H18BrN5O3S. The fraction of sp³-hybridized carbons (Fsp3) is 0.167. The fourth-order valence-electron chi connectivity index (χ4n) is 2.45. The Labute approximate surface area is 171 Å². The molecule has 3 N–H and O–H groups in total. The van der Waals surface area contributed by atoms with Crippen LogP contribution in [0.25, 0.3) is 11.4 Å². The number of hydrogen-bond donors (Lipinski definition) is 3. The normalized spacial score (nSPS) is 11.4. The highest BCUT2D eigenvalue weighted by Gasteiger charge is 2.14. The minimum atomic E-state index is -3.67. The molecule has 0 aliphatic carbocycles. The zero-order valence-corrected chi connectivity index (χ0v) is 17.3. The molecule has 0 saturated heterocycles. The molecule has 0 saturated carbocycles. The van der Waals surface area contributed by atoms with E-state index in [1.807, 2.05) is 6.07 Å². The third kappa shape index (κ3) is 5.24. The molecule has 28 heavy (non-hydrogen) atoms. The lowest BCUT2D eigenvalue weighted by molar-refractivity contribution is -0.116. The summed E-state index contributed by atoms with van der Waals surface area (Å²) >= 11 is 3.24. The first-order chi connectivity index (χ1) is 13.3. The highest BCUT2D eigenvalue weighted by atomic mass is 79.9. The Balaban J connectivity index is 1.56. The van der Waals surface area contributed by atoms with Crippen molar-refractivity contribution in [3.8, 4) is 11.4 Å². The summed E-state index contributed by atoms with van der Waals surface area (Å²) in [6.45, 7) is 1.79. The van der Waals surface area contributed by atoms with E-state index in [9.17, 15) is 13.2 Å². The van der Waals surface area contributed by atoms with Crippen LogP contribution >= 0.6 is 15.9 Å². The molecule has 2 aromatic carbocycles. The first-order valence-electron chi connectivity index (χ1n) is 8.38. The highest BCUT2D eigenvalue weighted by Crippen LogP contribution is 2.19. The van der Waals surface area contributed by atoms with Crippen molar-refractivity contribution < 1.29 is 13.2 Å². The van der Waals surface area contributed by atoms with E-state index in [0.717, 1.165) is 5.56 Å². The van der Waals surface area contributed by atoms with Gasteiger partial charge in [-0.25, -0.2) is 18.1 Å². The molecule has 0 bridgehead atoms. The number of aromatic nitrogens is 3. The Morgan fingerprint density at radius 2 is 1.96 bits per heavy atom. The smallest absolute Gasteiger partial charge is 0.240 e. The van der Waals surface area contributed by atoms with Gasteiger partial charge in [0.05, 0.1) is 4.90 Å². The number of nitrogens with one attached hydrogen (secondary N) is 3. The van der Waals surface area contributed by atoms with Crippen LogP contribution in [0.15, 0.2) is 57.9 Å². The molecule has 10 heteroatoms. The zero-order valence-electron chi connectivity index (χ0n) is 14.9. The predicted octanol–water partition coefficient (Wildman–Crippen LogP) is 2.85. The number of anilines is 1. The Kier molecular flexibility index (Phi) is 6.22. The number of rotatable bonds is 7. The van der Waals surface area contributed by atoms with E-state index in [0.29, 0.717) is 21.8 Å². The monoisotopic (exact) mass is 463 g/mol. The van der Waals surface area contributed by atoms with Gasteiger partial charge in [0.25, 0.3) is 0 Å². The number of carbonyl (C=O) groups excluding carboxylic acids is 1. The molecule has 0 fully saturated rings. The average Bonchev–Trinajstić information content (AvgIpc) is 3.08. The van der Waals surface area contributed by atoms with Crippen LogP contribution in [-0.4, -0.2) is 36.1 Å². The van der Waals surface area contributed by atoms with Gasteiger partial charge in [0.1, 0.15) is 5.82 Å². The van der Waals surface area contributed by atoms with Crippen molar-refractivity contribution in [3.63, 3.8) is 0 Å². The van der Waals surface area contributed by atoms with Crippen LogP contribution in [-0.2, 0) is 14.8 Å². The molecule has 0 radical (unpaired) electrons. The van der Waals surface area contributed by atoms with Gasteiger partial charge in [-0.05, 0) is 37.3 Å². The first-order valence-corrected chi connectivity index (χ1v) is 10.7. The van der Waals surface area contributed by atoms with Crippen LogP contribution in [0.2, 0.25) is 0 Å². The summed E-state index contributed by atoms with van der Waals surface area (Å²) in [6.07, 6.45) is -0.00275. The molecule has 0 atom stereocenters. The minimum Gasteiger partial charge on any atom is -0.326 e. The maximum Gasteiger partial charge on any atom is 0.240 e. The second-order valence-electron chi connectivity index (χ2n) is 5.98. The second-order valence-corrected chi connectivity index (χ2v) is 8.66. The van der Waals surface area contributed by atoms with Crippen molar-refractivity contribution in [3.05, 3.63) is 58.8 Å². The number of nitrogens with zero attached hydrogens (tertiary/aromatic N) is 2. The van der Waals surface area contributed by atoms with E-state index in [2.05, 4.69) is 41.2 Å². The Morgan fingerprint density at radius 1 is 1.18 bits per heavy atom. The number of aromatic amines is 1. The molecule has 3 rings (SSSR count). The van der Waals surface area contributed by atoms with Gasteiger partial charge in [0.15, 0.2) is 5.82 Å². The number of carbonyl (C=O) groups is 1. The summed E-state index contributed by atoms with van der Waals surface area (Å²) in [6, 6.07) is 13.5. The number of amides is 1. The summed E-state index contributed by atoms with van der Waals surface area (Å²) in [5.74, 6) is 0.929. The minimum absolute atomic E-state index is 0.00275. The number of halogens is 1. The zero-order chi connectivity index (χ0) is 20.1. The second kappa shape index (κ2) is 8.63. The average molecular weight is 464 g/mol. The van der Waals surface area contributed by atoms with Crippen LogP contribution < -0.4 is 10.0 Å². The van der Waals surface area contributed by atoms with Crippen LogP contribution in [0.3, 0.4) is 0 Å². The van der Waals surface area contributed by atoms with Gasteiger partial charge in [0, 0.05) is 28.7 Å². The van der Waals surface area contributed by atoms with Gasteiger partial charge in [0.2, 0.25) is 15.9 Å². The standard InChI is InChI=1S/C18H18BrN5O3S/c1-12-21-18(24-23-12)13-4-2-6-15(10-13)22-17(25)8-9-20-28(26,27)16-7-3-5-14(19)11-16/h2-7,10-11,20H,8-9H2,1H3,(H,22,25)(H,21,23,24). The van der Waals surface area contributed by atoms with Crippen molar-refractivity contribution in [1.82, 2.24) is 19.9 Å². The summed E-state index contributed by atoms with van der Waals surface area (Å²) < 4.78 is 27.6. The topological polar surface area (TPSA) is 117 Å². The van der Waals surface area contributed by atoms with Crippen LogP contribution in [0.1, 0.15) is 12.2 Å². The number of H-pyrrole nitrogens is 1. The van der Waals surface area contributed by atoms with Gasteiger partial charge in [-0.3, -0.25) is 9.89 Å². The van der Waals surface area contributed by atoms with Gasteiger partial charge >= 0.3 is 0 Å². The van der Waals surface area contributed by atoms with E-state index >= 15 is 0 Å². The molecular weight excluding hydrogens is 446 g/mol. The molecule has 1 heterocycles. The highest BCUT2D eigenvalue weighted by molar-refractivity contribution is 9.10. The van der Waals surface area contributed by atoms with E-state index in [1.54, 1.807) is 37.3 Å². The lowest BCUT2D eigenvalue weighted by atomic mass is 10.2. The van der Waals surface area contributed by atoms with Crippen molar-refractivity contribution >= 4 is 37.5 Å². The third-order valence-electron chi connectivity index (χ3n) is 3.75. The van der Waals surface area contributed by atoms with Crippen molar-refractivity contribution in [2.24, 2.45) is 0 Å². The molecule has 0 aliphatic rings. The Hall–Kier alpha value is -2.56. The number of sulfonamides is 1. The van der Waals surface area contributed by atoms with Gasteiger partial charge in [-0.1, -0.05) is 34.1 Å². The number of hydrogen-bond acceptors (Lipinski definition) is 5. The van der Waals surface area contributed by atoms with Crippen LogP contribution in [0, 0.1) is 6.92 Å². The summed E-state index contributed by atoms with van der Waals surface area (Å²) in [5, 5.41) is 9.61. The summed E-state index contributed by atoms with van der Waals surface area (Å²) in [5.41, 5.74) is 1.34. The SMILES string of the molecule is Cc1nc(-c2cccc(NC(=O)CCNS(=O)(=O)c3cccc(Br)c3)c2)n[nH]1. The number of aryl methyl sites for hydroxylation is 1. The fourth-order valence-corrected chi connectivity index (χ4v) is 4.08. The molecule has 1 amide bonds. The molecule has 0 aliphatic heterocycles. The van der Waals surface area contributed by atoms with Crippen molar-refractivity contribution in [1.29, 1.82) is 0 Å². The van der Waals surface area contributed by atoms with Crippen molar-refractivity contribution in [2.45, 2.75) is 18.2 Å². The van der Waals surface area contributed by atoms with Crippen molar-refractivity contribution in [2.75, 3.05) is 11.9 Å². The van der Waals surface area contributed by atoms with Gasteiger partial charge in [-0.2, -0.15) is 5.10 Å². The lowest BCUT2D eigenvalue weighted by Crippen LogP contribution is -2.27. The maximum atomic E-state index is 12.2. The lowest BCUT2D eigenvalue weighted by Gasteiger charge is -2.08. The third-order valence-corrected chi connectivity index (χ3v) is 5.70. The van der Waals surface area contributed by atoms with Gasteiger partial charge in [-0.15, -0.1) is 0 Å². The Bertz CT molecular complexity index is 1100. The molecule has 146 valence electrons. The molecule has 3 aromatic rings. The quantitative estimate of drug-likeness (QED) is 0.497. The molecule has 8 nitrogen and oxygen atoms in total. The van der Waals surface area contributed by atoms with Gasteiger partial charge < -0.3 is 5.32 Å². The first kappa shape index (κ1) is 20.2. The number of benzene rings is 2. The molecule has 1 aromatic heterocycles. The van der Waals surface area contributed by atoms with E-state index in [1.165, 1.54) is 12.1 Å².